The Morgan fingerprint density at radius 3 is 2.45 bits per heavy atom. The molecule has 4 nitrogen and oxygen atoms in total. The molecule has 2 aromatic rings. The summed E-state index contributed by atoms with van der Waals surface area (Å²) in [6.07, 6.45) is 0. The molecule has 3 rings (SSSR count). The van der Waals surface area contributed by atoms with Gasteiger partial charge >= 0.3 is 0 Å². The molecule has 0 saturated carbocycles. The molecule has 0 saturated heterocycles. The molecule has 0 fully saturated rings. The first-order valence-corrected chi connectivity index (χ1v) is 6.58. The Balaban J connectivity index is 1.96. The monoisotopic (exact) mass is 271 g/mol. The summed E-state index contributed by atoms with van der Waals surface area (Å²) >= 11 is 0. The van der Waals surface area contributed by atoms with Gasteiger partial charge in [-0.1, -0.05) is 12.1 Å². The maximum Gasteiger partial charge on any atom is 0.165 e. The summed E-state index contributed by atoms with van der Waals surface area (Å²) in [6.45, 7) is 5.16. The Morgan fingerprint density at radius 2 is 1.70 bits per heavy atom. The van der Waals surface area contributed by atoms with Crippen molar-refractivity contribution in [3.8, 4) is 23.0 Å². The van der Waals surface area contributed by atoms with E-state index < -0.39 is 0 Å². The van der Waals surface area contributed by atoms with Crippen LogP contribution in [0.25, 0.3) is 0 Å². The van der Waals surface area contributed by atoms with Crippen molar-refractivity contribution in [3.05, 3.63) is 41.5 Å². The number of nitrogens with two attached hydrogens (primary N) is 1. The Hall–Kier alpha value is -2.36. The smallest absolute Gasteiger partial charge is 0.165 e. The van der Waals surface area contributed by atoms with Gasteiger partial charge in [0, 0.05) is 12.1 Å². The van der Waals surface area contributed by atoms with Crippen LogP contribution in [0.2, 0.25) is 0 Å². The number of nitrogen functional groups attached to an aromatic ring is 1. The number of aryl methyl sites for hydroxylation is 1. The SMILES string of the molecule is Cc1cccc(Oc2cc3c(cc2N)OCCO3)c1C. The molecule has 2 N–H and O–H groups in total. The summed E-state index contributed by atoms with van der Waals surface area (Å²) < 4.78 is 17.0. The zero-order valence-electron chi connectivity index (χ0n) is 11.6. The minimum Gasteiger partial charge on any atom is -0.486 e. The molecule has 2 aromatic carbocycles. The van der Waals surface area contributed by atoms with Crippen molar-refractivity contribution in [2.75, 3.05) is 18.9 Å². The molecule has 20 heavy (non-hydrogen) atoms. The standard InChI is InChI=1S/C16H17NO3/c1-10-4-3-5-13(11(10)2)20-14-9-16-15(8-12(14)17)18-6-7-19-16/h3-5,8-9H,6-7,17H2,1-2H3. The number of hydrogen-bond acceptors (Lipinski definition) is 4. The number of fused-ring (bicyclic) bond motifs is 1. The van der Waals surface area contributed by atoms with Crippen LogP contribution in [0.5, 0.6) is 23.0 Å². The van der Waals surface area contributed by atoms with E-state index in [0.29, 0.717) is 36.1 Å². The molecule has 1 aliphatic heterocycles. The molecule has 4 heteroatoms. The Labute approximate surface area is 118 Å². The lowest BCUT2D eigenvalue weighted by atomic mass is 10.1. The highest BCUT2D eigenvalue weighted by Crippen LogP contribution is 2.40. The average molecular weight is 271 g/mol. The van der Waals surface area contributed by atoms with Crippen molar-refractivity contribution in [1.29, 1.82) is 0 Å². The molecule has 0 radical (unpaired) electrons. The molecule has 1 aliphatic rings. The topological polar surface area (TPSA) is 53.7 Å². The van der Waals surface area contributed by atoms with Crippen LogP contribution < -0.4 is 19.9 Å². The van der Waals surface area contributed by atoms with Crippen molar-refractivity contribution in [2.24, 2.45) is 0 Å². The maximum absolute atomic E-state index is 6.02. The molecule has 0 bridgehead atoms. The third-order valence-electron chi connectivity index (χ3n) is 3.45. The lowest BCUT2D eigenvalue weighted by Crippen LogP contribution is -2.15. The average Bonchev–Trinajstić information content (AvgIpc) is 2.44. The van der Waals surface area contributed by atoms with Crippen LogP contribution in [-0.4, -0.2) is 13.2 Å². The van der Waals surface area contributed by atoms with E-state index in [1.807, 2.05) is 19.1 Å². The largest absolute Gasteiger partial charge is 0.486 e. The normalized spacial score (nSPS) is 13.1. The fourth-order valence-electron chi connectivity index (χ4n) is 2.13. The predicted molar refractivity (Wildman–Crippen MR) is 77.8 cm³/mol. The molecule has 0 amide bonds. The van der Waals surface area contributed by atoms with E-state index in [-0.39, 0.29) is 0 Å². The molecule has 0 aromatic heterocycles. The van der Waals surface area contributed by atoms with E-state index in [4.69, 9.17) is 19.9 Å². The van der Waals surface area contributed by atoms with Crippen LogP contribution in [0.4, 0.5) is 5.69 Å². The van der Waals surface area contributed by atoms with Crippen LogP contribution in [-0.2, 0) is 0 Å². The van der Waals surface area contributed by atoms with Gasteiger partial charge in [-0.15, -0.1) is 0 Å². The number of anilines is 1. The number of hydrogen-bond donors (Lipinski definition) is 1. The van der Waals surface area contributed by atoms with Crippen LogP contribution in [0.3, 0.4) is 0 Å². The maximum atomic E-state index is 6.02. The van der Waals surface area contributed by atoms with E-state index in [9.17, 15) is 0 Å². The van der Waals surface area contributed by atoms with E-state index in [2.05, 4.69) is 13.0 Å². The summed E-state index contributed by atoms with van der Waals surface area (Å²) in [6, 6.07) is 9.47. The summed E-state index contributed by atoms with van der Waals surface area (Å²) in [7, 11) is 0. The Bertz CT molecular complexity index is 652. The molecule has 0 spiro atoms. The fraction of sp³-hybridized carbons (Fsp3) is 0.250. The van der Waals surface area contributed by atoms with E-state index in [0.717, 1.165) is 11.3 Å². The summed E-state index contributed by atoms with van der Waals surface area (Å²) in [5, 5.41) is 0. The zero-order valence-corrected chi connectivity index (χ0v) is 11.6. The van der Waals surface area contributed by atoms with Crippen LogP contribution in [0, 0.1) is 13.8 Å². The second-order valence-electron chi connectivity index (χ2n) is 4.83. The highest BCUT2D eigenvalue weighted by atomic mass is 16.6. The van der Waals surface area contributed by atoms with Gasteiger partial charge in [0.05, 0.1) is 5.69 Å². The highest BCUT2D eigenvalue weighted by Gasteiger charge is 2.16. The second-order valence-corrected chi connectivity index (χ2v) is 4.83. The van der Waals surface area contributed by atoms with E-state index in [1.165, 1.54) is 5.56 Å². The number of rotatable bonds is 2. The molecule has 0 atom stereocenters. The number of benzene rings is 2. The number of ether oxygens (including phenoxy) is 3. The van der Waals surface area contributed by atoms with E-state index in [1.54, 1.807) is 12.1 Å². The summed E-state index contributed by atoms with van der Waals surface area (Å²) in [4.78, 5) is 0. The van der Waals surface area contributed by atoms with Gasteiger partial charge in [-0.3, -0.25) is 0 Å². The third kappa shape index (κ3) is 2.25. The van der Waals surface area contributed by atoms with Crippen LogP contribution in [0.15, 0.2) is 30.3 Å². The van der Waals surface area contributed by atoms with Crippen molar-refractivity contribution in [2.45, 2.75) is 13.8 Å². The lowest BCUT2D eigenvalue weighted by Gasteiger charge is -2.20. The van der Waals surface area contributed by atoms with E-state index >= 15 is 0 Å². The van der Waals surface area contributed by atoms with Gasteiger partial charge in [-0.05, 0) is 31.0 Å². The first-order valence-electron chi connectivity index (χ1n) is 6.58. The lowest BCUT2D eigenvalue weighted by molar-refractivity contribution is 0.171. The minimum absolute atomic E-state index is 0.537. The van der Waals surface area contributed by atoms with Gasteiger partial charge in [0.2, 0.25) is 0 Å². The molecular weight excluding hydrogens is 254 g/mol. The second kappa shape index (κ2) is 4.96. The van der Waals surface area contributed by atoms with Gasteiger partial charge in [0.15, 0.2) is 17.2 Å². The van der Waals surface area contributed by atoms with Crippen molar-refractivity contribution >= 4 is 5.69 Å². The third-order valence-corrected chi connectivity index (χ3v) is 3.45. The van der Waals surface area contributed by atoms with Gasteiger partial charge in [-0.25, -0.2) is 0 Å². The van der Waals surface area contributed by atoms with Crippen LogP contribution >= 0.6 is 0 Å². The van der Waals surface area contributed by atoms with Gasteiger partial charge < -0.3 is 19.9 Å². The first-order chi connectivity index (χ1) is 9.65. The van der Waals surface area contributed by atoms with Crippen molar-refractivity contribution in [3.63, 3.8) is 0 Å². The molecule has 1 heterocycles. The van der Waals surface area contributed by atoms with Gasteiger partial charge in [0.25, 0.3) is 0 Å². The summed E-state index contributed by atoms with van der Waals surface area (Å²) in [5.74, 6) is 2.73. The minimum atomic E-state index is 0.537. The molecular formula is C16H17NO3. The molecule has 104 valence electrons. The first kappa shape index (κ1) is 12.7. The highest BCUT2D eigenvalue weighted by molar-refractivity contribution is 5.63. The van der Waals surface area contributed by atoms with Gasteiger partial charge in [-0.2, -0.15) is 0 Å². The van der Waals surface area contributed by atoms with Crippen LogP contribution in [0.1, 0.15) is 11.1 Å². The van der Waals surface area contributed by atoms with Crippen molar-refractivity contribution in [1.82, 2.24) is 0 Å². The van der Waals surface area contributed by atoms with Gasteiger partial charge in [0.1, 0.15) is 19.0 Å². The summed E-state index contributed by atoms with van der Waals surface area (Å²) in [5.41, 5.74) is 8.84. The van der Waals surface area contributed by atoms with Crippen molar-refractivity contribution < 1.29 is 14.2 Å². The quantitative estimate of drug-likeness (QED) is 0.850. The fourth-order valence-corrected chi connectivity index (χ4v) is 2.13. The Morgan fingerprint density at radius 1 is 1.00 bits per heavy atom. The zero-order chi connectivity index (χ0) is 14.1. The predicted octanol–water partition coefficient (Wildman–Crippen LogP) is 3.45. The molecule has 0 unspecified atom stereocenters. The molecule has 0 aliphatic carbocycles. The Kier molecular flexibility index (Phi) is 3.14.